The van der Waals surface area contributed by atoms with E-state index in [1.807, 2.05) is 0 Å². The maximum atomic E-state index is 5.76. The maximum Gasteiger partial charge on any atom is 0.0702 e. The fraction of sp³-hybridized carbons (Fsp3) is 1.00. The Hall–Kier alpha value is -0.120. The Balaban J connectivity index is 1.77. The number of nitrogens with one attached hydrogen (secondary N) is 1. The van der Waals surface area contributed by atoms with E-state index in [1.54, 1.807) is 0 Å². The first-order chi connectivity index (χ1) is 8.33. The fourth-order valence-electron chi connectivity index (χ4n) is 3.32. The SMILES string of the molecule is CCN(CC1CCCO1)C1CCC(NC)CC1. The van der Waals surface area contributed by atoms with Crippen LogP contribution in [0.25, 0.3) is 0 Å². The third-order valence-electron chi connectivity index (χ3n) is 4.49. The van der Waals surface area contributed by atoms with Crippen molar-refractivity contribution in [1.29, 1.82) is 0 Å². The molecule has 3 heteroatoms. The average Bonchev–Trinajstić information content (AvgIpc) is 2.89. The quantitative estimate of drug-likeness (QED) is 0.795. The van der Waals surface area contributed by atoms with Crippen LogP contribution in [0, 0.1) is 0 Å². The van der Waals surface area contributed by atoms with Gasteiger partial charge in [0.2, 0.25) is 0 Å². The summed E-state index contributed by atoms with van der Waals surface area (Å²) in [5.74, 6) is 0. The van der Waals surface area contributed by atoms with Crippen LogP contribution in [0.2, 0.25) is 0 Å². The molecule has 0 aromatic carbocycles. The van der Waals surface area contributed by atoms with E-state index in [0.29, 0.717) is 6.10 Å². The lowest BCUT2D eigenvalue weighted by Crippen LogP contribution is -2.44. The number of rotatable bonds is 5. The van der Waals surface area contributed by atoms with Gasteiger partial charge in [-0.25, -0.2) is 0 Å². The molecule has 2 aliphatic rings. The van der Waals surface area contributed by atoms with Crippen LogP contribution >= 0.6 is 0 Å². The molecule has 0 amide bonds. The van der Waals surface area contributed by atoms with E-state index in [1.165, 1.54) is 45.1 Å². The molecule has 2 fully saturated rings. The van der Waals surface area contributed by atoms with Crippen molar-refractivity contribution in [3.63, 3.8) is 0 Å². The van der Waals surface area contributed by atoms with Gasteiger partial charge in [-0.15, -0.1) is 0 Å². The van der Waals surface area contributed by atoms with Crippen LogP contribution in [0.5, 0.6) is 0 Å². The van der Waals surface area contributed by atoms with Crippen molar-refractivity contribution in [2.75, 3.05) is 26.7 Å². The Morgan fingerprint density at radius 3 is 2.47 bits per heavy atom. The van der Waals surface area contributed by atoms with Crippen molar-refractivity contribution in [2.45, 2.75) is 63.6 Å². The summed E-state index contributed by atoms with van der Waals surface area (Å²) in [5, 5.41) is 3.41. The van der Waals surface area contributed by atoms with Gasteiger partial charge in [0.1, 0.15) is 0 Å². The molecule has 2 rings (SSSR count). The first kappa shape index (κ1) is 13.3. The normalized spacial score (nSPS) is 34.4. The second-order valence-corrected chi connectivity index (χ2v) is 5.52. The van der Waals surface area contributed by atoms with E-state index in [4.69, 9.17) is 4.74 Å². The van der Waals surface area contributed by atoms with Crippen LogP contribution in [0.3, 0.4) is 0 Å². The standard InChI is InChI=1S/C14H28N2O/c1-3-16(11-14-5-4-10-17-14)13-8-6-12(15-2)7-9-13/h12-15H,3-11H2,1-2H3. The van der Waals surface area contributed by atoms with E-state index in [2.05, 4.69) is 24.2 Å². The third-order valence-corrected chi connectivity index (χ3v) is 4.49. The zero-order valence-electron chi connectivity index (χ0n) is 11.5. The molecule has 3 nitrogen and oxygen atoms in total. The smallest absolute Gasteiger partial charge is 0.0702 e. The second kappa shape index (κ2) is 6.72. The highest BCUT2D eigenvalue weighted by Crippen LogP contribution is 2.24. The van der Waals surface area contributed by atoms with Gasteiger partial charge in [-0.05, 0) is 52.1 Å². The number of hydrogen-bond acceptors (Lipinski definition) is 3. The molecule has 1 saturated heterocycles. The fourth-order valence-corrected chi connectivity index (χ4v) is 3.32. The Labute approximate surface area is 106 Å². The van der Waals surface area contributed by atoms with Gasteiger partial charge in [0.15, 0.2) is 0 Å². The van der Waals surface area contributed by atoms with E-state index in [9.17, 15) is 0 Å². The first-order valence-electron chi connectivity index (χ1n) is 7.36. The van der Waals surface area contributed by atoms with Gasteiger partial charge in [0.05, 0.1) is 6.10 Å². The number of ether oxygens (including phenoxy) is 1. The summed E-state index contributed by atoms with van der Waals surface area (Å²) in [5.41, 5.74) is 0. The summed E-state index contributed by atoms with van der Waals surface area (Å²) in [4.78, 5) is 2.65. The van der Waals surface area contributed by atoms with Crippen LogP contribution in [0.1, 0.15) is 45.4 Å². The van der Waals surface area contributed by atoms with Crippen molar-refractivity contribution >= 4 is 0 Å². The van der Waals surface area contributed by atoms with E-state index in [-0.39, 0.29) is 0 Å². The largest absolute Gasteiger partial charge is 0.377 e. The molecule has 1 aliphatic carbocycles. The minimum atomic E-state index is 0.511. The molecule has 1 unspecified atom stereocenters. The molecule has 17 heavy (non-hydrogen) atoms. The zero-order chi connectivity index (χ0) is 12.1. The van der Waals surface area contributed by atoms with Crippen molar-refractivity contribution < 1.29 is 4.74 Å². The van der Waals surface area contributed by atoms with E-state index in [0.717, 1.165) is 25.2 Å². The van der Waals surface area contributed by atoms with Crippen LogP contribution in [0.4, 0.5) is 0 Å². The molecule has 1 atom stereocenters. The Morgan fingerprint density at radius 1 is 1.18 bits per heavy atom. The van der Waals surface area contributed by atoms with Crippen molar-refractivity contribution in [2.24, 2.45) is 0 Å². The minimum Gasteiger partial charge on any atom is -0.377 e. The zero-order valence-corrected chi connectivity index (χ0v) is 11.5. The molecule has 0 aromatic rings. The maximum absolute atomic E-state index is 5.76. The molecule has 1 saturated carbocycles. The van der Waals surface area contributed by atoms with Crippen LogP contribution < -0.4 is 5.32 Å². The number of nitrogens with zero attached hydrogens (tertiary/aromatic N) is 1. The van der Waals surface area contributed by atoms with Gasteiger partial charge in [-0.3, -0.25) is 4.90 Å². The van der Waals surface area contributed by atoms with Gasteiger partial charge in [-0.2, -0.15) is 0 Å². The van der Waals surface area contributed by atoms with Crippen LogP contribution in [-0.4, -0.2) is 49.8 Å². The predicted octanol–water partition coefficient (Wildman–Crippen LogP) is 2.02. The lowest BCUT2D eigenvalue weighted by molar-refractivity contribution is 0.0490. The molecular formula is C14H28N2O. The topological polar surface area (TPSA) is 24.5 Å². The highest BCUT2D eigenvalue weighted by atomic mass is 16.5. The minimum absolute atomic E-state index is 0.511. The summed E-state index contributed by atoms with van der Waals surface area (Å²) in [6.45, 7) is 5.61. The molecule has 0 radical (unpaired) electrons. The second-order valence-electron chi connectivity index (χ2n) is 5.52. The van der Waals surface area contributed by atoms with E-state index < -0.39 is 0 Å². The Morgan fingerprint density at radius 2 is 1.94 bits per heavy atom. The molecule has 0 bridgehead atoms. The third kappa shape index (κ3) is 3.67. The molecule has 1 aliphatic heterocycles. The van der Waals surface area contributed by atoms with Gasteiger partial charge >= 0.3 is 0 Å². The van der Waals surface area contributed by atoms with Crippen LogP contribution in [0.15, 0.2) is 0 Å². The van der Waals surface area contributed by atoms with Gasteiger partial charge in [0.25, 0.3) is 0 Å². The number of likely N-dealkylation sites (N-methyl/N-ethyl adjacent to an activating group) is 1. The predicted molar refractivity (Wildman–Crippen MR) is 71.3 cm³/mol. The molecule has 100 valence electrons. The van der Waals surface area contributed by atoms with E-state index >= 15 is 0 Å². The molecule has 0 aromatic heterocycles. The van der Waals surface area contributed by atoms with Crippen molar-refractivity contribution in [3.8, 4) is 0 Å². The monoisotopic (exact) mass is 240 g/mol. The summed E-state index contributed by atoms with van der Waals surface area (Å²) < 4.78 is 5.76. The molecule has 0 spiro atoms. The summed E-state index contributed by atoms with van der Waals surface area (Å²) in [6, 6.07) is 1.56. The van der Waals surface area contributed by atoms with Gasteiger partial charge in [0, 0.05) is 25.2 Å². The number of hydrogen-bond donors (Lipinski definition) is 1. The molecule has 1 N–H and O–H groups in total. The molecular weight excluding hydrogens is 212 g/mol. The summed E-state index contributed by atoms with van der Waals surface area (Å²) >= 11 is 0. The van der Waals surface area contributed by atoms with Crippen molar-refractivity contribution in [3.05, 3.63) is 0 Å². The lowest BCUT2D eigenvalue weighted by atomic mass is 9.90. The highest BCUT2D eigenvalue weighted by Gasteiger charge is 2.27. The highest BCUT2D eigenvalue weighted by molar-refractivity contribution is 4.83. The average molecular weight is 240 g/mol. The molecule has 1 heterocycles. The summed E-state index contributed by atoms with van der Waals surface area (Å²) in [6.07, 6.45) is 8.42. The summed E-state index contributed by atoms with van der Waals surface area (Å²) in [7, 11) is 2.09. The first-order valence-corrected chi connectivity index (χ1v) is 7.36. The lowest BCUT2D eigenvalue weighted by Gasteiger charge is -2.37. The Kier molecular flexibility index (Phi) is 5.26. The van der Waals surface area contributed by atoms with Crippen molar-refractivity contribution in [1.82, 2.24) is 10.2 Å². The van der Waals surface area contributed by atoms with Gasteiger partial charge in [-0.1, -0.05) is 6.92 Å². The van der Waals surface area contributed by atoms with Crippen LogP contribution in [-0.2, 0) is 4.74 Å². The Bertz CT molecular complexity index is 208. The van der Waals surface area contributed by atoms with Gasteiger partial charge < -0.3 is 10.1 Å².